The zero-order chi connectivity index (χ0) is 10.7. The van der Waals surface area contributed by atoms with Gasteiger partial charge in [-0.05, 0) is 23.8 Å². The van der Waals surface area contributed by atoms with Crippen LogP contribution in [0.25, 0.3) is 10.9 Å². The summed E-state index contributed by atoms with van der Waals surface area (Å²) in [7, 11) is 1.64. The van der Waals surface area contributed by atoms with E-state index in [9.17, 15) is 4.79 Å². The van der Waals surface area contributed by atoms with Crippen molar-refractivity contribution in [2.75, 3.05) is 7.11 Å². The van der Waals surface area contributed by atoms with Gasteiger partial charge in [0, 0.05) is 23.6 Å². The normalized spacial score (nSPS) is 10.2. The minimum atomic E-state index is 0.524. The summed E-state index contributed by atoms with van der Waals surface area (Å²) >= 11 is 0. The minimum Gasteiger partial charge on any atom is -0.497 e. The lowest BCUT2D eigenvalue weighted by Gasteiger charge is -2.01. The van der Waals surface area contributed by atoms with Gasteiger partial charge in [-0.3, -0.25) is 4.79 Å². The second kappa shape index (κ2) is 4.04. The third-order valence-corrected chi connectivity index (χ3v) is 2.35. The van der Waals surface area contributed by atoms with Crippen LogP contribution in [-0.2, 0) is 11.3 Å². The van der Waals surface area contributed by atoms with Crippen LogP contribution in [0.1, 0.15) is 5.56 Å². The van der Waals surface area contributed by atoms with Crippen molar-refractivity contribution in [3.63, 3.8) is 0 Å². The Morgan fingerprint density at radius 1 is 1.53 bits per heavy atom. The molecule has 0 atom stereocenters. The summed E-state index contributed by atoms with van der Waals surface area (Å²) in [6.45, 7) is 0.524. The monoisotopic (exact) mass is 204 g/mol. The first kappa shape index (κ1) is 9.58. The second-order valence-corrected chi connectivity index (χ2v) is 3.22. The molecule has 2 N–H and O–H groups in total. The SMILES string of the molecule is COc1ccc2[nH]cc(CNC=O)c2c1. The first-order valence-corrected chi connectivity index (χ1v) is 4.66. The van der Waals surface area contributed by atoms with Crippen molar-refractivity contribution in [3.8, 4) is 5.75 Å². The first-order chi connectivity index (χ1) is 7.35. The molecule has 1 amide bonds. The van der Waals surface area contributed by atoms with E-state index in [0.29, 0.717) is 13.0 Å². The molecule has 15 heavy (non-hydrogen) atoms. The van der Waals surface area contributed by atoms with Crippen LogP contribution in [0.3, 0.4) is 0 Å². The lowest BCUT2D eigenvalue weighted by atomic mass is 10.1. The van der Waals surface area contributed by atoms with Crippen molar-refractivity contribution >= 4 is 17.3 Å². The lowest BCUT2D eigenvalue weighted by Crippen LogP contribution is -2.08. The minimum absolute atomic E-state index is 0.524. The lowest BCUT2D eigenvalue weighted by molar-refractivity contribution is -0.109. The van der Waals surface area contributed by atoms with Crippen LogP contribution in [0, 0.1) is 0 Å². The Morgan fingerprint density at radius 3 is 3.13 bits per heavy atom. The van der Waals surface area contributed by atoms with E-state index in [1.54, 1.807) is 7.11 Å². The molecule has 0 radical (unpaired) electrons. The van der Waals surface area contributed by atoms with Gasteiger partial charge in [-0.25, -0.2) is 0 Å². The largest absolute Gasteiger partial charge is 0.497 e. The standard InChI is InChI=1S/C11H12N2O2/c1-15-9-2-3-11-10(4-9)8(6-13-11)5-12-7-14/h2-4,6-7,13H,5H2,1H3,(H,12,14). The third-order valence-electron chi connectivity index (χ3n) is 2.35. The highest BCUT2D eigenvalue weighted by atomic mass is 16.5. The third kappa shape index (κ3) is 1.79. The van der Waals surface area contributed by atoms with Gasteiger partial charge in [0.25, 0.3) is 0 Å². The molecule has 78 valence electrons. The number of fused-ring (bicyclic) bond motifs is 1. The highest BCUT2D eigenvalue weighted by Crippen LogP contribution is 2.23. The van der Waals surface area contributed by atoms with Crippen molar-refractivity contribution in [2.24, 2.45) is 0 Å². The number of hydrogen-bond donors (Lipinski definition) is 2. The van der Waals surface area contributed by atoms with Crippen molar-refractivity contribution in [3.05, 3.63) is 30.0 Å². The van der Waals surface area contributed by atoms with E-state index in [4.69, 9.17) is 4.74 Å². The fourth-order valence-electron chi connectivity index (χ4n) is 1.58. The van der Waals surface area contributed by atoms with E-state index in [1.165, 1.54) is 0 Å². The predicted octanol–water partition coefficient (Wildman–Crippen LogP) is 1.42. The van der Waals surface area contributed by atoms with Crippen molar-refractivity contribution < 1.29 is 9.53 Å². The molecule has 1 aromatic heterocycles. The van der Waals surface area contributed by atoms with Crippen LogP contribution >= 0.6 is 0 Å². The summed E-state index contributed by atoms with van der Waals surface area (Å²) in [5, 5.41) is 3.71. The highest BCUT2D eigenvalue weighted by molar-refractivity contribution is 5.84. The zero-order valence-corrected chi connectivity index (χ0v) is 8.41. The molecule has 2 rings (SSSR count). The Kier molecular flexibility index (Phi) is 2.58. The van der Waals surface area contributed by atoms with Crippen molar-refractivity contribution in [1.29, 1.82) is 0 Å². The summed E-state index contributed by atoms with van der Waals surface area (Å²) in [6, 6.07) is 5.81. The van der Waals surface area contributed by atoms with Gasteiger partial charge in [-0.2, -0.15) is 0 Å². The predicted molar refractivity (Wildman–Crippen MR) is 57.8 cm³/mol. The average molecular weight is 204 g/mol. The Hall–Kier alpha value is -1.97. The van der Waals surface area contributed by atoms with Gasteiger partial charge >= 0.3 is 0 Å². The fourth-order valence-corrected chi connectivity index (χ4v) is 1.58. The summed E-state index contributed by atoms with van der Waals surface area (Å²) in [5.41, 5.74) is 2.09. The van der Waals surface area contributed by atoms with Crippen LogP contribution < -0.4 is 10.1 Å². The molecule has 0 bridgehead atoms. The van der Waals surface area contributed by atoms with Crippen LogP contribution in [0.15, 0.2) is 24.4 Å². The van der Waals surface area contributed by atoms with Gasteiger partial charge < -0.3 is 15.0 Å². The van der Waals surface area contributed by atoms with Gasteiger partial charge in [-0.1, -0.05) is 0 Å². The van der Waals surface area contributed by atoms with E-state index in [2.05, 4.69) is 10.3 Å². The van der Waals surface area contributed by atoms with E-state index < -0.39 is 0 Å². The van der Waals surface area contributed by atoms with E-state index in [1.807, 2.05) is 24.4 Å². The average Bonchev–Trinajstić information content (AvgIpc) is 2.68. The maximum Gasteiger partial charge on any atom is 0.207 e. The molecule has 0 fully saturated rings. The first-order valence-electron chi connectivity index (χ1n) is 4.66. The zero-order valence-electron chi connectivity index (χ0n) is 8.41. The number of H-pyrrole nitrogens is 1. The number of carbonyl (C=O) groups is 1. The number of amides is 1. The molecular weight excluding hydrogens is 192 g/mol. The maximum atomic E-state index is 10.2. The Bertz CT molecular complexity index is 476. The molecule has 2 aromatic rings. The summed E-state index contributed by atoms with van der Waals surface area (Å²) < 4.78 is 5.15. The number of rotatable bonds is 4. The van der Waals surface area contributed by atoms with Gasteiger partial charge in [0.05, 0.1) is 7.11 Å². The molecule has 0 aliphatic heterocycles. The Labute approximate surface area is 87.2 Å². The van der Waals surface area contributed by atoms with Gasteiger partial charge in [0.1, 0.15) is 5.75 Å². The summed E-state index contributed by atoms with van der Waals surface area (Å²) in [5.74, 6) is 0.814. The second-order valence-electron chi connectivity index (χ2n) is 3.22. The number of nitrogens with one attached hydrogen (secondary N) is 2. The summed E-state index contributed by atoms with van der Waals surface area (Å²) in [4.78, 5) is 13.4. The van der Waals surface area contributed by atoms with Crippen molar-refractivity contribution in [1.82, 2.24) is 10.3 Å². The maximum absolute atomic E-state index is 10.2. The van der Waals surface area contributed by atoms with Gasteiger partial charge in [0.2, 0.25) is 6.41 Å². The van der Waals surface area contributed by atoms with Crippen LogP contribution in [0.5, 0.6) is 5.75 Å². The summed E-state index contributed by atoms with van der Waals surface area (Å²) in [6.07, 6.45) is 2.58. The number of aromatic nitrogens is 1. The van der Waals surface area contributed by atoms with Gasteiger partial charge in [0.15, 0.2) is 0 Å². The quantitative estimate of drug-likeness (QED) is 0.740. The van der Waals surface area contributed by atoms with Crippen LogP contribution in [0.2, 0.25) is 0 Å². The van der Waals surface area contributed by atoms with Gasteiger partial charge in [-0.15, -0.1) is 0 Å². The number of methoxy groups -OCH3 is 1. The van der Waals surface area contributed by atoms with Crippen LogP contribution in [-0.4, -0.2) is 18.5 Å². The van der Waals surface area contributed by atoms with Crippen LogP contribution in [0.4, 0.5) is 0 Å². The number of carbonyl (C=O) groups excluding carboxylic acids is 1. The number of benzene rings is 1. The smallest absolute Gasteiger partial charge is 0.207 e. The van der Waals surface area contributed by atoms with E-state index in [-0.39, 0.29) is 0 Å². The van der Waals surface area contributed by atoms with E-state index in [0.717, 1.165) is 22.2 Å². The molecule has 4 nitrogen and oxygen atoms in total. The molecule has 1 aromatic carbocycles. The highest BCUT2D eigenvalue weighted by Gasteiger charge is 2.03. The Balaban J connectivity index is 2.41. The molecule has 0 saturated heterocycles. The molecule has 0 spiro atoms. The molecule has 1 heterocycles. The molecule has 0 unspecified atom stereocenters. The molecule has 0 aliphatic rings. The van der Waals surface area contributed by atoms with E-state index >= 15 is 0 Å². The fraction of sp³-hybridized carbons (Fsp3) is 0.182. The molecule has 4 heteroatoms. The van der Waals surface area contributed by atoms with Crippen molar-refractivity contribution in [2.45, 2.75) is 6.54 Å². The molecular formula is C11H12N2O2. The molecule has 0 saturated carbocycles. The topological polar surface area (TPSA) is 54.1 Å². The number of aromatic amines is 1. The number of ether oxygens (including phenoxy) is 1. The Morgan fingerprint density at radius 2 is 2.40 bits per heavy atom. The molecule has 0 aliphatic carbocycles. The number of hydrogen-bond acceptors (Lipinski definition) is 2.